The minimum absolute atomic E-state index is 0.387. The highest BCUT2D eigenvalue weighted by atomic mass is 16.5. The Morgan fingerprint density at radius 3 is 2.55 bits per heavy atom. The molecule has 0 fully saturated rings. The molecule has 1 aromatic heterocycles. The Bertz CT molecular complexity index is 627. The molecule has 0 bridgehead atoms. The molecule has 0 aliphatic rings. The third-order valence-corrected chi connectivity index (χ3v) is 2.96. The minimum atomic E-state index is -0.387. The number of esters is 1. The second-order valence-electron chi connectivity index (χ2n) is 4.15. The molecule has 0 spiro atoms. The monoisotopic (exact) mass is 272 g/mol. The number of rotatable bonds is 4. The highest BCUT2D eigenvalue weighted by molar-refractivity contribution is 5.87. The number of aromatic nitrogens is 2. The van der Waals surface area contributed by atoms with E-state index >= 15 is 0 Å². The Morgan fingerprint density at radius 1 is 1.25 bits per heavy atom. The molecule has 104 valence electrons. The normalized spacial score (nSPS) is 10.8. The van der Waals surface area contributed by atoms with Crippen LogP contribution in [0.3, 0.4) is 0 Å². The van der Waals surface area contributed by atoms with Crippen LogP contribution in [0, 0.1) is 6.92 Å². The molecule has 0 aliphatic carbocycles. The predicted molar refractivity (Wildman–Crippen MR) is 75.9 cm³/mol. The number of carbonyl (C=O) groups excluding carboxylic acids is 1. The molecule has 0 atom stereocenters. The Hall–Kier alpha value is -2.56. The minimum Gasteiger partial charge on any atom is -0.497 e. The van der Waals surface area contributed by atoms with Crippen molar-refractivity contribution in [1.82, 2.24) is 9.78 Å². The van der Waals surface area contributed by atoms with Gasteiger partial charge in [0.2, 0.25) is 0 Å². The molecule has 0 saturated carbocycles. The number of carbonyl (C=O) groups is 1. The van der Waals surface area contributed by atoms with E-state index < -0.39 is 0 Å². The van der Waals surface area contributed by atoms with Crippen molar-refractivity contribution < 1.29 is 14.3 Å². The van der Waals surface area contributed by atoms with Crippen LogP contribution in [0.1, 0.15) is 11.3 Å². The van der Waals surface area contributed by atoms with Gasteiger partial charge in [-0.25, -0.2) is 9.48 Å². The van der Waals surface area contributed by atoms with Crippen LogP contribution >= 0.6 is 0 Å². The lowest BCUT2D eigenvalue weighted by atomic mass is 10.2. The number of hydrogen-bond donors (Lipinski definition) is 0. The van der Waals surface area contributed by atoms with E-state index in [4.69, 9.17) is 4.74 Å². The van der Waals surface area contributed by atoms with Crippen LogP contribution in [0.4, 0.5) is 0 Å². The average molecular weight is 272 g/mol. The highest BCUT2D eigenvalue weighted by Gasteiger charge is 2.06. The van der Waals surface area contributed by atoms with Crippen LogP contribution in [0.15, 0.2) is 36.5 Å². The van der Waals surface area contributed by atoms with Gasteiger partial charge in [0.15, 0.2) is 0 Å². The van der Waals surface area contributed by atoms with E-state index in [2.05, 4.69) is 9.84 Å². The fourth-order valence-electron chi connectivity index (χ4n) is 1.80. The third-order valence-electron chi connectivity index (χ3n) is 2.96. The van der Waals surface area contributed by atoms with E-state index in [-0.39, 0.29) is 5.97 Å². The summed E-state index contributed by atoms with van der Waals surface area (Å²) in [4.78, 5) is 11.1. The standard InChI is InChI=1S/C15H16N2O3/c1-11-12(4-9-15(18)20-3)10-16-17(11)13-5-7-14(19-2)8-6-13/h4-10H,1-3H3. The molecule has 1 heterocycles. The molecule has 0 amide bonds. The van der Waals surface area contributed by atoms with Gasteiger partial charge in [-0.05, 0) is 37.3 Å². The Balaban J connectivity index is 2.27. The Labute approximate surface area is 117 Å². The van der Waals surface area contributed by atoms with Gasteiger partial charge in [-0.3, -0.25) is 0 Å². The first kappa shape index (κ1) is 13.9. The zero-order chi connectivity index (χ0) is 14.5. The van der Waals surface area contributed by atoms with Gasteiger partial charge in [0.25, 0.3) is 0 Å². The van der Waals surface area contributed by atoms with Crippen molar-refractivity contribution in [2.75, 3.05) is 14.2 Å². The molecule has 0 saturated heterocycles. The van der Waals surface area contributed by atoms with E-state index in [0.29, 0.717) is 0 Å². The first-order valence-electron chi connectivity index (χ1n) is 6.11. The van der Waals surface area contributed by atoms with Gasteiger partial charge in [-0.1, -0.05) is 0 Å². The van der Waals surface area contributed by atoms with Crippen molar-refractivity contribution in [3.8, 4) is 11.4 Å². The number of benzene rings is 1. The molecule has 2 rings (SSSR count). The number of hydrogen-bond acceptors (Lipinski definition) is 4. The van der Waals surface area contributed by atoms with Crippen molar-refractivity contribution in [2.45, 2.75) is 6.92 Å². The first-order valence-corrected chi connectivity index (χ1v) is 6.11. The van der Waals surface area contributed by atoms with Crippen molar-refractivity contribution >= 4 is 12.0 Å². The molecule has 5 heteroatoms. The average Bonchev–Trinajstić information content (AvgIpc) is 2.86. The summed E-state index contributed by atoms with van der Waals surface area (Å²) >= 11 is 0. The number of nitrogens with zero attached hydrogens (tertiary/aromatic N) is 2. The van der Waals surface area contributed by atoms with Crippen LogP contribution in [0.5, 0.6) is 5.75 Å². The zero-order valence-electron chi connectivity index (χ0n) is 11.7. The van der Waals surface area contributed by atoms with Crippen molar-refractivity contribution in [2.24, 2.45) is 0 Å². The molecule has 20 heavy (non-hydrogen) atoms. The summed E-state index contributed by atoms with van der Waals surface area (Å²) in [6, 6.07) is 7.60. The summed E-state index contributed by atoms with van der Waals surface area (Å²) in [7, 11) is 2.98. The second-order valence-corrected chi connectivity index (χ2v) is 4.15. The molecule has 1 aromatic carbocycles. The summed E-state index contributed by atoms with van der Waals surface area (Å²) in [5, 5.41) is 4.32. The number of ether oxygens (including phenoxy) is 2. The maximum Gasteiger partial charge on any atom is 0.330 e. The van der Waals surface area contributed by atoms with E-state index in [1.165, 1.54) is 13.2 Å². The van der Waals surface area contributed by atoms with Gasteiger partial charge in [-0.15, -0.1) is 0 Å². The van der Waals surface area contributed by atoms with Gasteiger partial charge in [0.1, 0.15) is 5.75 Å². The zero-order valence-corrected chi connectivity index (χ0v) is 11.7. The van der Waals surface area contributed by atoms with Gasteiger partial charge in [0, 0.05) is 17.3 Å². The molecule has 0 unspecified atom stereocenters. The topological polar surface area (TPSA) is 53.3 Å². The van der Waals surface area contributed by atoms with Crippen LogP contribution < -0.4 is 4.74 Å². The lowest BCUT2D eigenvalue weighted by Crippen LogP contribution is -1.99. The maximum atomic E-state index is 11.1. The smallest absolute Gasteiger partial charge is 0.330 e. The lowest BCUT2D eigenvalue weighted by Gasteiger charge is -2.06. The molecule has 0 radical (unpaired) electrons. The molecule has 0 N–H and O–H groups in total. The van der Waals surface area contributed by atoms with Gasteiger partial charge in [0.05, 0.1) is 26.1 Å². The molecule has 0 aliphatic heterocycles. The quantitative estimate of drug-likeness (QED) is 0.633. The highest BCUT2D eigenvalue weighted by Crippen LogP contribution is 2.18. The summed E-state index contributed by atoms with van der Waals surface area (Å²) in [6.45, 7) is 1.94. The Kier molecular flexibility index (Phi) is 4.20. The predicted octanol–water partition coefficient (Wildman–Crippen LogP) is 2.38. The molecule has 5 nitrogen and oxygen atoms in total. The fourth-order valence-corrected chi connectivity index (χ4v) is 1.80. The maximum absolute atomic E-state index is 11.1. The summed E-state index contributed by atoms with van der Waals surface area (Å²) < 4.78 is 11.5. The van der Waals surface area contributed by atoms with Crippen molar-refractivity contribution in [3.63, 3.8) is 0 Å². The van der Waals surface area contributed by atoms with Crippen molar-refractivity contribution in [1.29, 1.82) is 0 Å². The Morgan fingerprint density at radius 2 is 1.95 bits per heavy atom. The fraction of sp³-hybridized carbons (Fsp3) is 0.200. The van der Waals surface area contributed by atoms with Gasteiger partial charge < -0.3 is 9.47 Å². The summed E-state index contributed by atoms with van der Waals surface area (Å²) in [6.07, 6.45) is 4.77. The first-order chi connectivity index (χ1) is 9.65. The largest absolute Gasteiger partial charge is 0.497 e. The van der Waals surface area contributed by atoms with Crippen LogP contribution in [-0.2, 0) is 9.53 Å². The van der Waals surface area contributed by atoms with Crippen LogP contribution in [0.25, 0.3) is 11.8 Å². The molecular weight excluding hydrogens is 256 g/mol. The molecular formula is C15H16N2O3. The van der Waals surface area contributed by atoms with E-state index in [1.54, 1.807) is 24.1 Å². The third kappa shape index (κ3) is 2.88. The van der Waals surface area contributed by atoms with E-state index in [1.807, 2.05) is 31.2 Å². The second kappa shape index (κ2) is 6.06. The van der Waals surface area contributed by atoms with E-state index in [0.717, 1.165) is 22.7 Å². The van der Waals surface area contributed by atoms with Gasteiger partial charge in [-0.2, -0.15) is 5.10 Å². The summed E-state index contributed by atoms with van der Waals surface area (Å²) in [5.74, 6) is 0.408. The summed E-state index contributed by atoms with van der Waals surface area (Å²) in [5.41, 5.74) is 2.74. The van der Waals surface area contributed by atoms with E-state index in [9.17, 15) is 4.79 Å². The van der Waals surface area contributed by atoms with Gasteiger partial charge >= 0.3 is 5.97 Å². The number of methoxy groups -OCH3 is 2. The van der Waals surface area contributed by atoms with Crippen molar-refractivity contribution in [3.05, 3.63) is 47.8 Å². The molecule has 2 aromatic rings. The van der Waals surface area contributed by atoms with Crippen LogP contribution in [-0.4, -0.2) is 30.0 Å². The lowest BCUT2D eigenvalue weighted by molar-refractivity contribution is -0.134. The van der Waals surface area contributed by atoms with Crippen LogP contribution in [0.2, 0.25) is 0 Å². The SMILES string of the molecule is COC(=O)C=Cc1cnn(-c2ccc(OC)cc2)c1C.